The Morgan fingerprint density at radius 2 is 2.50 bits per heavy atom. The van der Waals surface area contributed by atoms with Gasteiger partial charge in [0.25, 0.3) is 0 Å². The van der Waals surface area contributed by atoms with Crippen LogP contribution in [-0.2, 0) is 11.2 Å². The van der Waals surface area contributed by atoms with Crippen LogP contribution < -0.4 is 5.32 Å². The van der Waals surface area contributed by atoms with Crippen LogP contribution in [0.4, 0.5) is 0 Å². The minimum absolute atomic E-state index is 0.224. The molecule has 2 aromatic heterocycles. The number of aromatic amines is 1. The molecule has 1 saturated heterocycles. The Morgan fingerprint density at radius 3 is 3.31 bits per heavy atom. The third kappa shape index (κ3) is 1.91. The first-order chi connectivity index (χ1) is 7.92. The fourth-order valence-electron chi connectivity index (χ4n) is 1.97. The molecule has 0 radical (unpaired) electrons. The van der Waals surface area contributed by atoms with E-state index in [1.54, 1.807) is 12.4 Å². The molecular formula is C11H14N4O. The third-order valence-electron chi connectivity index (χ3n) is 2.76. The molecule has 84 valence electrons. The summed E-state index contributed by atoms with van der Waals surface area (Å²) in [7, 11) is 0. The second kappa shape index (κ2) is 4.19. The molecule has 1 aliphatic heterocycles. The van der Waals surface area contributed by atoms with Crippen molar-refractivity contribution in [2.45, 2.75) is 12.5 Å². The van der Waals surface area contributed by atoms with Crippen LogP contribution in [0.1, 0.15) is 5.82 Å². The fourth-order valence-corrected chi connectivity index (χ4v) is 1.97. The van der Waals surface area contributed by atoms with Gasteiger partial charge in [0, 0.05) is 25.7 Å². The molecule has 3 rings (SSSR count). The van der Waals surface area contributed by atoms with Gasteiger partial charge in [0.15, 0.2) is 0 Å². The van der Waals surface area contributed by atoms with Crippen molar-refractivity contribution in [3.8, 4) is 0 Å². The summed E-state index contributed by atoms with van der Waals surface area (Å²) in [6.07, 6.45) is 4.60. The van der Waals surface area contributed by atoms with Crippen LogP contribution >= 0.6 is 0 Å². The van der Waals surface area contributed by atoms with E-state index in [9.17, 15) is 0 Å². The normalized spacial score (nSPS) is 21.4. The number of pyridine rings is 1. The van der Waals surface area contributed by atoms with Gasteiger partial charge in [-0.1, -0.05) is 0 Å². The molecule has 1 atom stereocenters. The Kier molecular flexibility index (Phi) is 2.55. The van der Waals surface area contributed by atoms with Crippen molar-refractivity contribution < 1.29 is 4.74 Å². The van der Waals surface area contributed by atoms with Crippen molar-refractivity contribution in [2.24, 2.45) is 0 Å². The number of fused-ring (bicyclic) bond motifs is 1. The Balaban J connectivity index is 1.78. The number of aromatic nitrogens is 3. The zero-order valence-corrected chi connectivity index (χ0v) is 8.94. The summed E-state index contributed by atoms with van der Waals surface area (Å²) in [5.74, 6) is 0.969. The van der Waals surface area contributed by atoms with E-state index in [1.807, 2.05) is 6.07 Å². The Labute approximate surface area is 93.2 Å². The van der Waals surface area contributed by atoms with E-state index in [4.69, 9.17) is 4.74 Å². The highest BCUT2D eigenvalue weighted by molar-refractivity contribution is 5.73. The van der Waals surface area contributed by atoms with Crippen LogP contribution in [0.2, 0.25) is 0 Å². The van der Waals surface area contributed by atoms with Crippen LogP contribution in [0.5, 0.6) is 0 Å². The molecule has 5 heteroatoms. The van der Waals surface area contributed by atoms with Gasteiger partial charge in [0.2, 0.25) is 0 Å². The SMILES string of the molecule is c1cc2nc(CC3CNCCO3)[nH]c2cn1. The van der Waals surface area contributed by atoms with Crippen LogP contribution in [0, 0.1) is 0 Å². The zero-order valence-electron chi connectivity index (χ0n) is 8.94. The lowest BCUT2D eigenvalue weighted by Gasteiger charge is -2.22. The lowest BCUT2D eigenvalue weighted by atomic mass is 10.2. The molecule has 0 aromatic carbocycles. The van der Waals surface area contributed by atoms with Crippen LogP contribution in [-0.4, -0.2) is 40.8 Å². The van der Waals surface area contributed by atoms with Gasteiger partial charge in [-0.15, -0.1) is 0 Å². The summed E-state index contributed by atoms with van der Waals surface area (Å²) in [4.78, 5) is 11.8. The van der Waals surface area contributed by atoms with Gasteiger partial charge >= 0.3 is 0 Å². The lowest BCUT2D eigenvalue weighted by Crippen LogP contribution is -2.39. The Bertz CT molecular complexity index is 443. The number of morpholine rings is 1. The van der Waals surface area contributed by atoms with Gasteiger partial charge in [0.1, 0.15) is 5.82 Å². The molecule has 2 aromatic rings. The summed E-state index contributed by atoms with van der Waals surface area (Å²) in [5.41, 5.74) is 1.95. The average Bonchev–Trinajstić information content (AvgIpc) is 2.72. The van der Waals surface area contributed by atoms with Gasteiger partial charge in [0.05, 0.1) is 29.9 Å². The molecule has 16 heavy (non-hydrogen) atoms. The molecule has 3 heterocycles. The maximum absolute atomic E-state index is 5.64. The van der Waals surface area contributed by atoms with E-state index in [0.29, 0.717) is 0 Å². The summed E-state index contributed by atoms with van der Waals surface area (Å²) in [5, 5.41) is 3.31. The predicted octanol–water partition coefficient (Wildman–Crippen LogP) is 0.489. The maximum Gasteiger partial charge on any atom is 0.109 e. The van der Waals surface area contributed by atoms with Crippen molar-refractivity contribution in [1.82, 2.24) is 20.3 Å². The van der Waals surface area contributed by atoms with Crippen LogP contribution in [0.15, 0.2) is 18.5 Å². The first-order valence-electron chi connectivity index (χ1n) is 5.53. The highest BCUT2D eigenvalue weighted by Gasteiger charge is 2.15. The van der Waals surface area contributed by atoms with Gasteiger partial charge in [-0.05, 0) is 6.07 Å². The Hall–Kier alpha value is -1.46. The number of rotatable bonds is 2. The number of hydrogen-bond acceptors (Lipinski definition) is 4. The number of ether oxygens (including phenoxy) is 1. The van der Waals surface area contributed by atoms with Crippen molar-refractivity contribution in [3.05, 3.63) is 24.3 Å². The maximum atomic E-state index is 5.64. The van der Waals surface area contributed by atoms with E-state index in [-0.39, 0.29) is 6.10 Å². The number of hydrogen-bond donors (Lipinski definition) is 2. The summed E-state index contributed by atoms with van der Waals surface area (Å²) >= 11 is 0. The second-order valence-electron chi connectivity index (χ2n) is 3.98. The van der Waals surface area contributed by atoms with Crippen molar-refractivity contribution in [1.29, 1.82) is 0 Å². The highest BCUT2D eigenvalue weighted by Crippen LogP contribution is 2.11. The zero-order chi connectivity index (χ0) is 10.8. The second-order valence-corrected chi connectivity index (χ2v) is 3.98. The van der Waals surface area contributed by atoms with E-state index >= 15 is 0 Å². The molecule has 2 N–H and O–H groups in total. The van der Waals surface area contributed by atoms with Crippen molar-refractivity contribution >= 4 is 11.0 Å². The van der Waals surface area contributed by atoms with Gasteiger partial charge in [-0.25, -0.2) is 4.98 Å². The standard InChI is InChI=1S/C11H14N4O/c1-2-12-7-10-9(1)14-11(15-10)5-8-6-13-3-4-16-8/h1-2,7-8,13H,3-6H2,(H,14,15). The smallest absolute Gasteiger partial charge is 0.109 e. The quantitative estimate of drug-likeness (QED) is 0.770. The van der Waals surface area contributed by atoms with E-state index in [2.05, 4.69) is 20.3 Å². The van der Waals surface area contributed by atoms with E-state index in [1.165, 1.54) is 0 Å². The van der Waals surface area contributed by atoms with E-state index in [0.717, 1.165) is 43.0 Å². The molecule has 0 amide bonds. The van der Waals surface area contributed by atoms with Crippen LogP contribution in [0.25, 0.3) is 11.0 Å². The van der Waals surface area contributed by atoms with Gasteiger partial charge < -0.3 is 15.0 Å². The molecule has 1 aliphatic rings. The summed E-state index contributed by atoms with van der Waals surface area (Å²) in [6, 6.07) is 1.91. The first kappa shape index (κ1) is 9.74. The Morgan fingerprint density at radius 1 is 1.50 bits per heavy atom. The fraction of sp³-hybridized carbons (Fsp3) is 0.455. The molecule has 0 aliphatic carbocycles. The minimum atomic E-state index is 0.224. The molecular weight excluding hydrogens is 204 g/mol. The van der Waals surface area contributed by atoms with E-state index < -0.39 is 0 Å². The topological polar surface area (TPSA) is 62.8 Å². The summed E-state index contributed by atoms with van der Waals surface area (Å²) < 4.78 is 5.64. The van der Waals surface area contributed by atoms with Crippen LogP contribution in [0.3, 0.4) is 0 Å². The molecule has 0 bridgehead atoms. The monoisotopic (exact) mass is 218 g/mol. The molecule has 1 unspecified atom stereocenters. The number of imidazole rings is 1. The van der Waals surface area contributed by atoms with Crippen molar-refractivity contribution in [3.63, 3.8) is 0 Å². The minimum Gasteiger partial charge on any atom is -0.375 e. The highest BCUT2D eigenvalue weighted by atomic mass is 16.5. The van der Waals surface area contributed by atoms with Crippen molar-refractivity contribution in [2.75, 3.05) is 19.7 Å². The summed E-state index contributed by atoms with van der Waals surface area (Å²) in [6.45, 7) is 2.63. The molecule has 0 saturated carbocycles. The average molecular weight is 218 g/mol. The molecule has 1 fully saturated rings. The largest absolute Gasteiger partial charge is 0.375 e. The predicted molar refractivity (Wildman–Crippen MR) is 60.2 cm³/mol. The first-order valence-corrected chi connectivity index (χ1v) is 5.53. The number of H-pyrrole nitrogens is 1. The number of nitrogens with zero attached hydrogens (tertiary/aromatic N) is 2. The van der Waals surface area contributed by atoms with Gasteiger partial charge in [-0.2, -0.15) is 0 Å². The third-order valence-corrected chi connectivity index (χ3v) is 2.76. The number of nitrogens with one attached hydrogen (secondary N) is 2. The van der Waals surface area contributed by atoms with Gasteiger partial charge in [-0.3, -0.25) is 4.98 Å². The lowest BCUT2D eigenvalue weighted by molar-refractivity contribution is 0.0282. The molecule has 5 nitrogen and oxygen atoms in total. The molecule has 0 spiro atoms.